The van der Waals surface area contributed by atoms with Gasteiger partial charge in [0.1, 0.15) is 0 Å². The van der Waals surface area contributed by atoms with E-state index in [0.717, 1.165) is 44.6 Å². The Hall–Kier alpha value is -1.69. The van der Waals surface area contributed by atoms with Gasteiger partial charge in [-0.1, -0.05) is 25.7 Å². The van der Waals surface area contributed by atoms with E-state index in [1.165, 1.54) is 18.3 Å². The number of aliphatic hydroxyl groups is 1. The number of aromatic nitrogens is 2. The van der Waals surface area contributed by atoms with Crippen LogP contribution in [0, 0.1) is 0 Å². The molecule has 0 aromatic carbocycles. The second-order valence-corrected chi connectivity index (χ2v) is 5.63. The fourth-order valence-corrected chi connectivity index (χ4v) is 2.60. The number of unbranched alkanes of at least 4 members (excludes halogenated alkanes) is 5. The van der Waals surface area contributed by atoms with Crippen LogP contribution in [0.1, 0.15) is 49.8 Å². The molecule has 6 heteroatoms. The lowest BCUT2D eigenvalue weighted by atomic mass is 10.0. The fourth-order valence-electron chi connectivity index (χ4n) is 2.60. The highest BCUT2D eigenvalue weighted by Gasteiger charge is 2.33. The van der Waals surface area contributed by atoms with E-state index in [4.69, 9.17) is 5.11 Å². The predicted octanol–water partition coefficient (Wildman–Crippen LogP) is 4.52. The van der Waals surface area contributed by atoms with Gasteiger partial charge in [0.2, 0.25) is 0 Å². The first-order valence-electron chi connectivity index (χ1n) is 7.95. The Morgan fingerprint density at radius 1 is 1.00 bits per heavy atom. The number of aryl methyl sites for hydroxylation is 1. The molecular weight excluding hydrogens is 305 g/mol. The number of aliphatic hydroxyl groups excluding tert-OH is 1. The predicted molar refractivity (Wildman–Crippen MR) is 83.0 cm³/mol. The molecule has 2 aromatic rings. The minimum Gasteiger partial charge on any atom is -0.396 e. The molecule has 1 N–H and O–H groups in total. The van der Waals surface area contributed by atoms with Gasteiger partial charge in [0.15, 0.2) is 5.65 Å². The molecule has 0 aliphatic rings. The monoisotopic (exact) mass is 326 g/mol. The number of fused-ring (bicyclic) bond motifs is 1. The second-order valence-electron chi connectivity index (χ2n) is 5.63. The van der Waals surface area contributed by atoms with Crippen LogP contribution >= 0.6 is 0 Å². The number of pyridine rings is 2. The fraction of sp³-hybridized carbons (Fsp3) is 0.529. The molecule has 2 rings (SSSR count). The molecule has 2 aromatic heterocycles. The summed E-state index contributed by atoms with van der Waals surface area (Å²) in [7, 11) is 0. The summed E-state index contributed by atoms with van der Waals surface area (Å²) < 4.78 is 39.5. The topological polar surface area (TPSA) is 46.0 Å². The molecule has 2 heterocycles. The minimum atomic E-state index is -4.40. The van der Waals surface area contributed by atoms with Gasteiger partial charge >= 0.3 is 6.18 Å². The van der Waals surface area contributed by atoms with Crippen molar-refractivity contribution < 1.29 is 18.3 Å². The molecule has 0 spiro atoms. The van der Waals surface area contributed by atoms with Gasteiger partial charge in [-0.25, -0.2) is 9.97 Å². The normalized spacial score (nSPS) is 12.0. The summed E-state index contributed by atoms with van der Waals surface area (Å²) in [6.07, 6.45) is 3.22. The number of halogens is 3. The van der Waals surface area contributed by atoms with Crippen molar-refractivity contribution in [1.29, 1.82) is 0 Å². The summed E-state index contributed by atoms with van der Waals surface area (Å²) in [5, 5.41) is 8.74. The Morgan fingerprint density at radius 2 is 1.70 bits per heavy atom. The Labute approximate surface area is 133 Å². The summed E-state index contributed by atoms with van der Waals surface area (Å²) >= 11 is 0. The maximum absolute atomic E-state index is 13.2. The zero-order chi connectivity index (χ0) is 16.7. The molecule has 0 atom stereocenters. The molecule has 0 radical (unpaired) electrons. The third-order valence-electron chi connectivity index (χ3n) is 3.78. The van der Waals surface area contributed by atoms with Crippen LogP contribution in [0.5, 0.6) is 0 Å². The minimum absolute atomic E-state index is 0.0488. The third-order valence-corrected chi connectivity index (χ3v) is 3.78. The third kappa shape index (κ3) is 5.16. The number of nitrogens with zero attached hydrogens (tertiary/aromatic N) is 2. The maximum atomic E-state index is 13.2. The van der Waals surface area contributed by atoms with Gasteiger partial charge in [-0.3, -0.25) is 0 Å². The smallest absolute Gasteiger partial charge is 0.396 e. The van der Waals surface area contributed by atoms with E-state index >= 15 is 0 Å². The van der Waals surface area contributed by atoms with Crippen molar-refractivity contribution in [2.24, 2.45) is 0 Å². The van der Waals surface area contributed by atoms with Crippen molar-refractivity contribution >= 4 is 11.0 Å². The number of hydrogen-bond donors (Lipinski definition) is 1. The summed E-state index contributed by atoms with van der Waals surface area (Å²) in [5.74, 6) is 0. The lowest BCUT2D eigenvalue weighted by Gasteiger charge is -2.11. The van der Waals surface area contributed by atoms with Crippen LogP contribution in [-0.2, 0) is 12.6 Å². The van der Waals surface area contributed by atoms with Crippen molar-refractivity contribution in [2.45, 2.75) is 51.1 Å². The van der Waals surface area contributed by atoms with Gasteiger partial charge in [0.05, 0.1) is 5.56 Å². The summed E-state index contributed by atoms with van der Waals surface area (Å²) in [6.45, 7) is 0.216. The molecule has 126 valence electrons. The molecule has 0 saturated carbocycles. The number of alkyl halides is 3. The van der Waals surface area contributed by atoms with Crippen LogP contribution < -0.4 is 0 Å². The van der Waals surface area contributed by atoms with E-state index in [1.807, 2.05) is 0 Å². The Bertz CT molecular complexity index is 629. The van der Waals surface area contributed by atoms with Crippen molar-refractivity contribution in [1.82, 2.24) is 9.97 Å². The first kappa shape index (κ1) is 17.7. The van der Waals surface area contributed by atoms with E-state index in [0.29, 0.717) is 12.1 Å². The van der Waals surface area contributed by atoms with Gasteiger partial charge in [0, 0.05) is 23.9 Å². The molecule has 3 nitrogen and oxygen atoms in total. The first-order chi connectivity index (χ1) is 11.0. The average Bonchev–Trinajstić information content (AvgIpc) is 2.52. The van der Waals surface area contributed by atoms with Gasteiger partial charge < -0.3 is 5.11 Å². The van der Waals surface area contributed by atoms with Gasteiger partial charge in [-0.2, -0.15) is 13.2 Å². The molecule has 23 heavy (non-hydrogen) atoms. The van der Waals surface area contributed by atoms with E-state index in [-0.39, 0.29) is 17.6 Å². The van der Waals surface area contributed by atoms with Crippen molar-refractivity contribution in [2.75, 3.05) is 6.61 Å². The summed E-state index contributed by atoms with van der Waals surface area (Å²) in [6, 6.07) is 4.05. The van der Waals surface area contributed by atoms with Crippen LogP contribution in [-0.4, -0.2) is 21.7 Å². The second kappa shape index (κ2) is 8.24. The highest BCUT2D eigenvalue weighted by molar-refractivity contribution is 5.79. The zero-order valence-corrected chi connectivity index (χ0v) is 12.9. The Morgan fingerprint density at radius 3 is 2.39 bits per heavy atom. The van der Waals surface area contributed by atoms with E-state index < -0.39 is 11.7 Å². The standard InChI is InChI=1S/C17H21F3N2O/c18-17(19,20)15-12-13(8-5-3-1-2-4-6-11-23)22-16-14(15)9-7-10-21-16/h7,9-10,12,23H,1-6,8,11H2. The van der Waals surface area contributed by atoms with Crippen LogP contribution in [0.2, 0.25) is 0 Å². The van der Waals surface area contributed by atoms with Gasteiger partial charge in [0.25, 0.3) is 0 Å². The highest BCUT2D eigenvalue weighted by atomic mass is 19.4. The lowest BCUT2D eigenvalue weighted by molar-refractivity contribution is -0.136. The number of rotatable bonds is 8. The van der Waals surface area contributed by atoms with E-state index in [1.54, 1.807) is 0 Å². The van der Waals surface area contributed by atoms with Crippen molar-refractivity contribution in [3.05, 3.63) is 35.7 Å². The van der Waals surface area contributed by atoms with Crippen LogP contribution in [0.15, 0.2) is 24.4 Å². The molecule has 0 bridgehead atoms. The SMILES string of the molecule is OCCCCCCCCc1cc(C(F)(F)F)c2cccnc2n1. The molecular formula is C17H21F3N2O. The molecule has 0 saturated heterocycles. The largest absolute Gasteiger partial charge is 0.417 e. The number of hydrogen-bond acceptors (Lipinski definition) is 3. The summed E-state index contributed by atoms with van der Waals surface area (Å²) in [4.78, 5) is 8.21. The Balaban J connectivity index is 2.01. The molecule has 0 fully saturated rings. The summed E-state index contributed by atoms with van der Waals surface area (Å²) in [5.41, 5.74) is -0.0623. The van der Waals surface area contributed by atoms with Gasteiger partial charge in [-0.05, 0) is 37.5 Å². The van der Waals surface area contributed by atoms with E-state index in [9.17, 15) is 13.2 Å². The van der Waals surface area contributed by atoms with Crippen molar-refractivity contribution in [3.8, 4) is 0 Å². The van der Waals surface area contributed by atoms with Crippen molar-refractivity contribution in [3.63, 3.8) is 0 Å². The molecule has 0 unspecified atom stereocenters. The van der Waals surface area contributed by atoms with Crippen LogP contribution in [0.25, 0.3) is 11.0 Å². The van der Waals surface area contributed by atoms with E-state index in [2.05, 4.69) is 9.97 Å². The first-order valence-corrected chi connectivity index (χ1v) is 7.95. The maximum Gasteiger partial charge on any atom is 0.417 e. The zero-order valence-electron chi connectivity index (χ0n) is 12.9. The van der Waals surface area contributed by atoms with Crippen LogP contribution in [0.4, 0.5) is 13.2 Å². The highest BCUT2D eigenvalue weighted by Crippen LogP contribution is 2.34. The molecule has 0 amide bonds. The van der Waals surface area contributed by atoms with Crippen LogP contribution in [0.3, 0.4) is 0 Å². The molecule has 0 aliphatic carbocycles. The van der Waals surface area contributed by atoms with Gasteiger partial charge in [-0.15, -0.1) is 0 Å². The lowest BCUT2D eigenvalue weighted by Crippen LogP contribution is -2.08. The quantitative estimate of drug-likeness (QED) is 0.725. The molecule has 0 aliphatic heterocycles. The Kier molecular flexibility index (Phi) is 6.33. The average molecular weight is 326 g/mol.